The summed E-state index contributed by atoms with van der Waals surface area (Å²) < 4.78 is 17.6. The third-order valence-corrected chi connectivity index (χ3v) is 9.00. The summed E-state index contributed by atoms with van der Waals surface area (Å²) in [7, 11) is 1.55. The smallest absolute Gasteiger partial charge is 0.243 e. The summed E-state index contributed by atoms with van der Waals surface area (Å²) in [6, 6.07) is 12.1. The van der Waals surface area contributed by atoms with Crippen LogP contribution >= 0.6 is 0 Å². The van der Waals surface area contributed by atoms with Gasteiger partial charge in [-0.25, -0.2) is 4.98 Å². The molecule has 13 heteroatoms. The molecule has 4 amide bonds. The van der Waals surface area contributed by atoms with Gasteiger partial charge in [0.1, 0.15) is 17.5 Å². The number of aromatic amines is 1. The Hall–Kier alpha value is -5.33. The van der Waals surface area contributed by atoms with E-state index in [1.54, 1.807) is 31.1 Å². The summed E-state index contributed by atoms with van der Waals surface area (Å²) in [6.45, 7) is 2.97. The molecule has 4 N–H and O–H groups in total. The largest absolute Gasteiger partial charge is 0.493 e. The van der Waals surface area contributed by atoms with Crippen LogP contribution in [0.2, 0.25) is 0 Å². The molecule has 2 aromatic carbocycles. The van der Waals surface area contributed by atoms with Gasteiger partial charge in [0.25, 0.3) is 0 Å². The summed E-state index contributed by atoms with van der Waals surface area (Å²) in [4.78, 5) is 61.7. The van der Waals surface area contributed by atoms with Crippen molar-refractivity contribution in [2.75, 3.05) is 26.8 Å². The van der Waals surface area contributed by atoms with Gasteiger partial charge in [0.2, 0.25) is 29.5 Å². The number of hydrogen-bond donors (Lipinski definition) is 4. The maximum atomic E-state index is 13.7. The molecule has 49 heavy (non-hydrogen) atoms. The maximum absolute atomic E-state index is 13.7. The van der Waals surface area contributed by atoms with E-state index in [0.717, 1.165) is 16.5 Å². The van der Waals surface area contributed by atoms with Crippen LogP contribution in [0.15, 0.2) is 53.1 Å². The van der Waals surface area contributed by atoms with Crippen LogP contribution in [-0.4, -0.2) is 77.4 Å². The number of methoxy groups -OCH3 is 1. The number of H-pyrrole nitrogens is 1. The maximum Gasteiger partial charge on any atom is 0.243 e. The molecule has 0 aliphatic carbocycles. The fourth-order valence-electron chi connectivity index (χ4n) is 6.33. The first-order valence-corrected chi connectivity index (χ1v) is 16.7. The van der Waals surface area contributed by atoms with Crippen LogP contribution in [0.1, 0.15) is 55.5 Å². The molecule has 0 saturated carbocycles. The fraction of sp³-hybridized carbons (Fsp3) is 0.417. The van der Waals surface area contributed by atoms with Crippen LogP contribution in [0.5, 0.6) is 11.5 Å². The number of amides is 4. The topological polar surface area (TPSA) is 168 Å². The predicted octanol–water partition coefficient (Wildman–Crippen LogP) is 3.54. The first kappa shape index (κ1) is 33.6. The van der Waals surface area contributed by atoms with Crippen molar-refractivity contribution in [2.24, 2.45) is 0 Å². The molecular weight excluding hydrogens is 628 g/mol. The molecule has 5 heterocycles. The molecule has 4 aromatic rings. The molecule has 1 saturated heterocycles. The number of carbonyl (C=O) groups excluding carboxylic acids is 4. The van der Waals surface area contributed by atoms with Gasteiger partial charge in [-0.15, -0.1) is 0 Å². The quantitative estimate of drug-likeness (QED) is 0.250. The molecule has 3 aliphatic heterocycles. The van der Waals surface area contributed by atoms with E-state index in [4.69, 9.17) is 13.9 Å². The highest BCUT2D eigenvalue weighted by molar-refractivity contribution is 5.89. The zero-order chi connectivity index (χ0) is 34.3. The van der Waals surface area contributed by atoms with E-state index in [1.165, 1.54) is 0 Å². The number of nitrogens with zero attached hydrogens (tertiary/aromatic N) is 2. The Bertz CT molecular complexity index is 1830. The summed E-state index contributed by atoms with van der Waals surface area (Å²) in [5.74, 6) is 1.18. The molecule has 2 atom stereocenters. The number of carbonyl (C=O) groups is 4. The number of para-hydroxylation sites is 1. The van der Waals surface area contributed by atoms with Crippen molar-refractivity contribution in [3.8, 4) is 23.0 Å². The van der Waals surface area contributed by atoms with Crippen molar-refractivity contribution in [1.82, 2.24) is 30.8 Å². The van der Waals surface area contributed by atoms with Crippen molar-refractivity contribution < 1.29 is 33.1 Å². The second-order valence-electron chi connectivity index (χ2n) is 12.5. The van der Waals surface area contributed by atoms with Crippen molar-refractivity contribution >= 4 is 34.5 Å². The van der Waals surface area contributed by atoms with Crippen LogP contribution in [0.25, 0.3) is 22.4 Å². The van der Waals surface area contributed by atoms with Crippen molar-refractivity contribution in [2.45, 2.75) is 70.5 Å². The number of rotatable bonds is 5. The van der Waals surface area contributed by atoms with Crippen LogP contribution in [-0.2, 0) is 32.1 Å². The molecule has 1 fully saturated rings. The van der Waals surface area contributed by atoms with E-state index in [1.807, 2.05) is 36.5 Å². The molecule has 0 spiro atoms. The summed E-state index contributed by atoms with van der Waals surface area (Å²) >= 11 is 0. The van der Waals surface area contributed by atoms with E-state index in [9.17, 15) is 19.2 Å². The number of aryl methyl sites for hydroxylation is 1. The van der Waals surface area contributed by atoms with Gasteiger partial charge >= 0.3 is 0 Å². The van der Waals surface area contributed by atoms with Gasteiger partial charge in [-0.1, -0.05) is 18.2 Å². The first-order chi connectivity index (χ1) is 23.8. The predicted molar refractivity (Wildman–Crippen MR) is 181 cm³/mol. The van der Waals surface area contributed by atoms with Crippen LogP contribution < -0.4 is 25.4 Å². The van der Waals surface area contributed by atoms with Crippen LogP contribution in [0, 0.1) is 6.92 Å². The molecule has 0 radical (unpaired) electrons. The van der Waals surface area contributed by atoms with Gasteiger partial charge in [0, 0.05) is 67.5 Å². The van der Waals surface area contributed by atoms with E-state index in [-0.39, 0.29) is 55.5 Å². The monoisotopic (exact) mass is 670 g/mol. The Morgan fingerprint density at radius 1 is 1.04 bits per heavy atom. The Labute approximate surface area is 284 Å². The third-order valence-electron chi connectivity index (χ3n) is 9.00. The lowest BCUT2D eigenvalue weighted by atomic mass is 10.0. The van der Waals surface area contributed by atoms with Gasteiger partial charge in [0.05, 0.1) is 20.3 Å². The van der Waals surface area contributed by atoms with Gasteiger partial charge < -0.3 is 39.7 Å². The van der Waals surface area contributed by atoms with E-state index < -0.39 is 6.04 Å². The second kappa shape index (κ2) is 15.3. The molecule has 4 bridgehead atoms. The Kier molecular flexibility index (Phi) is 10.5. The number of aromatic nitrogens is 2. The van der Waals surface area contributed by atoms with E-state index in [2.05, 4.69) is 25.9 Å². The van der Waals surface area contributed by atoms with Crippen molar-refractivity contribution in [1.29, 1.82) is 0 Å². The van der Waals surface area contributed by atoms with E-state index in [0.29, 0.717) is 79.8 Å². The zero-order valence-corrected chi connectivity index (χ0v) is 27.8. The number of hydrogen-bond acceptors (Lipinski definition) is 8. The molecule has 2 aromatic heterocycles. The zero-order valence-electron chi connectivity index (χ0n) is 27.8. The number of benzene rings is 2. The average molecular weight is 671 g/mol. The lowest BCUT2D eigenvalue weighted by molar-refractivity contribution is -0.132. The summed E-state index contributed by atoms with van der Waals surface area (Å²) in [6.07, 6.45) is 4.41. The average Bonchev–Trinajstić information content (AvgIpc) is 3.81. The molecular formula is C36H42N6O7. The Balaban J connectivity index is 1.24. The van der Waals surface area contributed by atoms with Gasteiger partial charge in [-0.05, 0) is 56.0 Å². The van der Waals surface area contributed by atoms with Gasteiger partial charge in [-0.3, -0.25) is 19.2 Å². The second-order valence-corrected chi connectivity index (χ2v) is 12.5. The molecule has 7 rings (SSSR count). The number of ether oxygens (including phenoxy) is 2. The molecule has 13 nitrogen and oxygen atoms in total. The summed E-state index contributed by atoms with van der Waals surface area (Å²) in [5, 5.41) is 9.72. The molecule has 258 valence electrons. The van der Waals surface area contributed by atoms with Crippen LogP contribution in [0.4, 0.5) is 0 Å². The third kappa shape index (κ3) is 8.22. The minimum atomic E-state index is -0.856. The standard InChI is InChI=1S/C36H42N6O7/c1-22-29-21-38-35(46)28(17-24-20-37-27-8-4-3-7-26(24)27)40-32(43)9-5-14-42(34(45)19-25-11-13-33(44)39-25)15-6-16-48-30-12-10-23(18-31(30)47-2)36(41-29)49-22/h3-4,7-8,10,12,18,20,25,28,37H,5-6,9,11,13-17,19,21H2,1-2H3,(H,38,46)(H,39,44)(H,40,43)/t25-,28-/m0/s1. The Morgan fingerprint density at radius 3 is 2.67 bits per heavy atom. The highest BCUT2D eigenvalue weighted by Gasteiger charge is 2.27. The van der Waals surface area contributed by atoms with Gasteiger partial charge in [-0.2, -0.15) is 0 Å². The highest BCUT2D eigenvalue weighted by atomic mass is 16.5. The van der Waals surface area contributed by atoms with E-state index >= 15 is 0 Å². The molecule has 0 unspecified atom stereocenters. The van der Waals surface area contributed by atoms with Crippen LogP contribution in [0.3, 0.4) is 0 Å². The van der Waals surface area contributed by atoms with Gasteiger partial charge in [0.15, 0.2) is 11.5 Å². The first-order valence-electron chi connectivity index (χ1n) is 16.7. The number of fused-ring (bicyclic) bond motifs is 16. The molecule has 3 aliphatic rings. The normalized spacial score (nSPS) is 19.5. The minimum absolute atomic E-state index is 0.0469. The lowest BCUT2D eigenvalue weighted by Gasteiger charge is -2.25. The number of nitrogens with one attached hydrogen (secondary N) is 4. The van der Waals surface area contributed by atoms with Crippen molar-refractivity contribution in [3.63, 3.8) is 0 Å². The Morgan fingerprint density at radius 2 is 1.86 bits per heavy atom. The lowest BCUT2D eigenvalue weighted by Crippen LogP contribution is -2.48. The van der Waals surface area contributed by atoms with Crippen molar-refractivity contribution in [3.05, 3.63) is 65.7 Å². The summed E-state index contributed by atoms with van der Waals surface area (Å²) in [5.41, 5.74) is 3.08. The minimum Gasteiger partial charge on any atom is -0.493 e. The fourth-order valence-corrected chi connectivity index (χ4v) is 6.33. The number of oxazole rings is 1. The highest BCUT2D eigenvalue weighted by Crippen LogP contribution is 2.33. The SMILES string of the molecule is COc1cc2ccc1OCCCN(C(=O)C[C@@H]1CCC(=O)N1)CCCC(=O)N[C@@H](Cc1c[nH]c3ccccc13)C(=O)NCc1nc-2oc1C.